The topological polar surface area (TPSA) is 86.5 Å². The molecule has 0 bridgehead atoms. The lowest BCUT2D eigenvalue weighted by Crippen LogP contribution is -2.14. The second kappa shape index (κ2) is 6.24. The Kier molecular flexibility index (Phi) is 4.66. The molecular formula is C17H19NO5S. The fraction of sp³-hybridized carbons (Fsp3) is 0.294. The molecule has 0 saturated heterocycles. The van der Waals surface area contributed by atoms with Gasteiger partial charge < -0.3 is 4.18 Å². The summed E-state index contributed by atoms with van der Waals surface area (Å²) in [4.78, 5) is 9.96. The third-order valence-electron chi connectivity index (χ3n) is 3.56. The van der Waals surface area contributed by atoms with Crippen LogP contribution in [0.4, 0.5) is 5.69 Å². The first-order chi connectivity index (χ1) is 11.0. The van der Waals surface area contributed by atoms with E-state index in [1.165, 1.54) is 19.1 Å². The Balaban J connectivity index is 2.42. The average Bonchev–Trinajstić information content (AvgIpc) is 2.45. The van der Waals surface area contributed by atoms with Crippen molar-refractivity contribution in [2.45, 2.75) is 38.0 Å². The van der Waals surface area contributed by atoms with Crippen molar-refractivity contribution in [2.24, 2.45) is 0 Å². The molecule has 0 spiro atoms. The highest BCUT2D eigenvalue weighted by Crippen LogP contribution is 2.30. The van der Waals surface area contributed by atoms with Crippen LogP contribution in [0.15, 0.2) is 47.4 Å². The Morgan fingerprint density at radius 3 is 2.12 bits per heavy atom. The lowest BCUT2D eigenvalue weighted by molar-refractivity contribution is -0.388. The molecule has 2 rings (SSSR count). The van der Waals surface area contributed by atoms with Crippen LogP contribution in [0, 0.1) is 17.0 Å². The highest BCUT2D eigenvalue weighted by Gasteiger charge is 2.29. The number of benzene rings is 2. The lowest BCUT2D eigenvalue weighted by Gasteiger charge is -2.19. The summed E-state index contributed by atoms with van der Waals surface area (Å²) in [6.45, 7) is 7.61. The molecule has 0 aliphatic heterocycles. The zero-order chi connectivity index (χ0) is 18.1. The van der Waals surface area contributed by atoms with Gasteiger partial charge in [-0.15, -0.1) is 0 Å². The van der Waals surface area contributed by atoms with Crippen molar-refractivity contribution >= 4 is 15.8 Å². The zero-order valence-corrected chi connectivity index (χ0v) is 14.8. The summed E-state index contributed by atoms with van der Waals surface area (Å²) in [6.07, 6.45) is 0. The van der Waals surface area contributed by atoms with Crippen LogP contribution >= 0.6 is 0 Å². The van der Waals surface area contributed by atoms with Crippen molar-refractivity contribution in [2.75, 3.05) is 0 Å². The highest BCUT2D eigenvalue weighted by atomic mass is 32.2. The molecular weight excluding hydrogens is 330 g/mol. The first kappa shape index (κ1) is 17.9. The van der Waals surface area contributed by atoms with E-state index in [1.54, 1.807) is 24.3 Å². The Labute approximate surface area is 141 Å². The molecule has 0 saturated carbocycles. The van der Waals surface area contributed by atoms with Gasteiger partial charge >= 0.3 is 10.1 Å². The minimum Gasteiger partial charge on any atom is -0.379 e. The van der Waals surface area contributed by atoms with Crippen LogP contribution in [0.25, 0.3) is 0 Å². The molecule has 2 aromatic carbocycles. The Morgan fingerprint density at radius 1 is 1.04 bits per heavy atom. The van der Waals surface area contributed by atoms with E-state index in [0.717, 1.165) is 11.6 Å². The molecule has 7 heteroatoms. The molecule has 0 fully saturated rings. The molecule has 0 atom stereocenters. The van der Waals surface area contributed by atoms with E-state index in [2.05, 4.69) is 0 Å². The largest absolute Gasteiger partial charge is 0.379 e. The Hall–Kier alpha value is -2.41. The summed E-state index contributed by atoms with van der Waals surface area (Å²) < 4.78 is 30.1. The van der Waals surface area contributed by atoms with Gasteiger partial charge in [0.2, 0.25) is 0 Å². The van der Waals surface area contributed by atoms with E-state index in [9.17, 15) is 18.5 Å². The summed E-state index contributed by atoms with van der Waals surface area (Å²) in [6, 6.07) is 10.7. The average molecular weight is 349 g/mol. The predicted molar refractivity (Wildman–Crippen MR) is 90.8 cm³/mol. The van der Waals surface area contributed by atoms with E-state index < -0.39 is 25.6 Å². The van der Waals surface area contributed by atoms with Crippen LogP contribution in [0.1, 0.15) is 31.9 Å². The summed E-state index contributed by atoms with van der Waals surface area (Å²) >= 11 is 0. The number of aryl methyl sites for hydroxylation is 1. The maximum atomic E-state index is 12.5. The maximum absolute atomic E-state index is 12.5. The third kappa shape index (κ3) is 3.73. The van der Waals surface area contributed by atoms with Crippen molar-refractivity contribution in [3.63, 3.8) is 0 Å². The van der Waals surface area contributed by atoms with Gasteiger partial charge in [-0.25, -0.2) is 0 Å². The monoisotopic (exact) mass is 349 g/mol. The van der Waals surface area contributed by atoms with E-state index >= 15 is 0 Å². The zero-order valence-electron chi connectivity index (χ0n) is 13.9. The van der Waals surface area contributed by atoms with Gasteiger partial charge in [-0.2, -0.15) is 8.42 Å². The van der Waals surface area contributed by atoms with Crippen molar-refractivity contribution in [1.29, 1.82) is 0 Å². The highest BCUT2D eigenvalue weighted by molar-refractivity contribution is 7.87. The molecule has 128 valence electrons. The first-order valence-corrected chi connectivity index (χ1v) is 8.72. The summed E-state index contributed by atoms with van der Waals surface area (Å²) in [5.41, 5.74) is 0.706. The van der Waals surface area contributed by atoms with Crippen molar-refractivity contribution < 1.29 is 17.5 Å². The summed E-state index contributed by atoms with van der Waals surface area (Å²) in [7, 11) is -4.31. The number of hydrogen-bond donors (Lipinski definition) is 0. The molecule has 6 nitrogen and oxygen atoms in total. The number of nitro benzene ring substituents is 1. The van der Waals surface area contributed by atoms with Gasteiger partial charge in [0.1, 0.15) is 5.75 Å². The van der Waals surface area contributed by atoms with Crippen LogP contribution in [0.5, 0.6) is 5.75 Å². The normalized spacial score (nSPS) is 12.0. The first-order valence-electron chi connectivity index (χ1n) is 7.31. The van der Waals surface area contributed by atoms with Gasteiger partial charge in [-0.3, -0.25) is 10.1 Å². The predicted octanol–water partition coefficient (Wildman–Crippen LogP) is 3.97. The summed E-state index contributed by atoms with van der Waals surface area (Å²) in [5, 5.41) is 11.1. The minimum atomic E-state index is -4.31. The van der Waals surface area contributed by atoms with Gasteiger partial charge in [0.25, 0.3) is 5.69 Å². The fourth-order valence-corrected chi connectivity index (χ4v) is 3.59. The number of rotatable bonds is 4. The summed E-state index contributed by atoms with van der Waals surface area (Å²) in [5.74, 6) is 0.112. The minimum absolute atomic E-state index is 0.0772. The van der Waals surface area contributed by atoms with Gasteiger partial charge in [-0.05, 0) is 35.6 Å². The fourth-order valence-electron chi connectivity index (χ4n) is 2.28. The SMILES string of the molecule is Cc1cccc([N+](=O)[O-])c1S(=O)(=O)Oc1ccc(C(C)(C)C)cc1. The van der Waals surface area contributed by atoms with Crippen LogP contribution in [0.3, 0.4) is 0 Å². The van der Waals surface area contributed by atoms with E-state index in [0.29, 0.717) is 0 Å². The quantitative estimate of drug-likeness (QED) is 0.473. The third-order valence-corrected chi connectivity index (χ3v) is 5.01. The molecule has 0 aliphatic rings. The molecule has 0 N–H and O–H groups in total. The van der Waals surface area contributed by atoms with E-state index in [-0.39, 0.29) is 16.7 Å². The van der Waals surface area contributed by atoms with Crippen LogP contribution in [-0.4, -0.2) is 13.3 Å². The van der Waals surface area contributed by atoms with Crippen molar-refractivity contribution in [3.05, 3.63) is 63.7 Å². The van der Waals surface area contributed by atoms with Gasteiger partial charge in [0.05, 0.1) is 4.92 Å². The van der Waals surface area contributed by atoms with Gasteiger partial charge in [0.15, 0.2) is 4.90 Å². The van der Waals surface area contributed by atoms with E-state index in [1.807, 2.05) is 20.8 Å². The molecule has 0 amide bonds. The molecule has 2 aromatic rings. The number of nitrogens with zero attached hydrogens (tertiary/aromatic N) is 1. The van der Waals surface area contributed by atoms with Gasteiger partial charge in [-0.1, -0.05) is 45.0 Å². The van der Waals surface area contributed by atoms with E-state index in [4.69, 9.17) is 4.18 Å². The van der Waals surface area contributed by atoms with Crippen LogP contribution in [-0.2, 0) is 15.5 Å². The lowest BCUT2D eigenvalue weighted by atomic mass is 9.87. The molecule has 0 aliphatic carbocycles. The number of nitro groups is 1. The molecule has 0 aromatic heterocycles. The second-order valence-electron chi connectivity index (χ2n) is 6.49. The number of hydrogen-bond acceptors (Lipinski definition) is 5. The molecule has 0 heterocycles. The van der Waals surface area contributed by atoms with Gasteiger partial charge in [0, 0.05) is 6.07 Å². The smallest absolute Gasteiger partial charge is 0.346 e. The Morgan fingerprint density at radius 2 is 1.62 bits per heavy atom. The van der Waals surface area contributed by atoms with Crippen LogP contribution in [0.2, 0.25) is 0 Å². The van der Waals surface area contributed by atoms with Crippen molar-refractivity contribution in [3.8, 4) is 5.75 Å². The maximum Gasteiger partial charge on any atom is 0.346 e. The van der Waals surface area contributed by atoms with Crippen molar-refractivity contribution in [1.82, 2.24) is 0 Å². The standard InChI is InChI=1S/C17H19NO5S/c1-12-6-5-7-15(18(19)20)16(12)24(21,22)23-14-10-8-13(9-11-14)17(2,3)4/h5-11H,1-4H3. The molecule has 0 unspecified atom stereocenters. The molecule has 0 radical (unpaired) electrons. The van der Waals surface area contributed by atoms with Crippen LogP contribution < -0.4 is 4.18 Å². The Bertz CT molecular complexity index is 865. The second-order valence-corrected chi connectivity index (χ2v) is 7.98. The molecule has 24 heavy (non-hydrogen) atoms.